The van der Waals surface area contributed by atoms with Crippen molar-refractivity contribution in [1.82, 2.24) is 0 Å². The van der Waals surface area contributed by atoms with Crippen LogP contribution in [0.2, 0.25) is 0 Å². The lowest BCUT2D eigenvalue weighted by molar-refractivity contribution is 0.185. The molecule has 3 rings (SSSR count). The fourth-order valence-corrected chi connectivity index (χ4v) is 5.28. The van der Waals surface area contributed by atoms with E-state index < -0.39 is 0 Å². The first kappa shape index (κ1) is 21.5. The molecule has 2 aliphatic carbocycles. The van der Waals surface area contributed by atoms with E-state index in [4.69, 9.17) is 4.74 Å². The van der Waals surface area contributed by atoms with E-state index in [0.717, 1.165) is 36.5 Å². The molecule has 156 valence electrons. The van der Waals surface area contributed by atoms with E-state index >= 15 is 0 Å². The second kappa shape index (κ2) is 11.7. The van der Waals surface area contributed by atoms with Crippen LogP contribution in [0.1, 0.15) is 96.5 Å². The van der Waals surface area contributed by atoms with Gasteiger partial charge in [0.25, 0.3) is 0 Å². The highest BCUT2D eigenvalue weighted by Gasteiger charge is 2.28. The molecular formula is C27H42O. The summed E-state index contributed by atoms with van der Waals surface area (Å²) in [5, 5.41) is 0. The average molecular weight is 383 g/mol. The maximum atomic E-state index is 5.69. The summed E-state index contributed by atoms with van der Waals surface area (Å²) in [4.78, 5) is 0. The minimum atomic E-state index is 0.813. The molecule has 1 saturated carbocycles. The van der Waals surface area contributed by atoms with Crippen LogP contribution in [-0.2, 0) is 6.42 Å². The molecule has 2 aliphatic rings. The predicted molar refractivity (Wildman–Crippen MR) is 121 cm³/mol. The zero-order chi connectivity index (χ0) is 19.6. The lowest BCUT2D eigenvalue weighted by atomic mass is 9.70. The Hall–Kier alpha value is -1.24. The summed E-state index contributed by atoms with van der Waals surface area (Å²) in [5.41, 5.74) is 3.15. The minimum Gasteiger partial charge on any atom is -0.494 e. The fraction of sp³-hybridized carbons (Fsp3) is 0.704. The minimum absolute atomic E-state index is 0.813. The Kier molecular flexibility index (Phi) is 8.96. The van der Waals surface area contributed by atoms with Gasteiger partial charge in [-0.3, -0.25) is 0 Å². The van der Waals surface area contributed by atoms with Crippen molar-refractivity contribution in [2.45, 2.75) is 97.3 Å². The summed E-state index contributed by atoms with van der Waals surface area (Å²) in [6, 6.07) is 8.75. The third-order valence-electron chi connectivity index (χ3n) is 7.20. The second-order valence-electron chi connectivity index (χ2n) is 9.31. The number of rotatable bonds is 10. The van der Waals surface area contributed by atoms with Gasteiger partial charge < -0.3 is 4.74 Å². The molecule has 0 aromatic heterocycles. The molecule has 28 heavy (non-hydrogen) atoms. The van der Waals surface area contributed by atoms with Gasteiger partial charge in [0.1, 0.15) is 5.75 Å². The molecule has 1 atom stereocenters. The lowest BCUT2D eigenvalue weighted by Gasteiger charge is -2.35. The van der Waals surface area contributed by atoms with Gasteiger partial charge in [-0.05, 0) is 86.8 Å². The zero-order valence-electron chi connectivity index (χ0n) is 18.4. The standard InChI is InChI=1S/C27H42O/c1-3-5-6-22-9-15-25(16-10-22)26-17-11-23(12-18-26)7-8-24-13-19-27(20-14-24)28-21-4-2/h11,13-14,19-20,22,25-26H,3-10,12,15-18,21H2,1-2H3. The second-order valence-corrected chi connectivity index (χ2v) is 9.31. The topological polar surface area (TPSA) is 9.23 Å². The number of hydrogen-bond acceptors (Lipinski definition) is 1. The van der Waals surface area contributed by atoms with Crippen molar-refractivity contribution in [3.8, 4) is 5.75 Å². The molecule has 1 aromatic carbocycles. The molecule has 0 bridgehead atoms. The average Bonchev–Trinajstić information content (AvgIpc) is 2.76. The van der Waals surface area contributed by atoms with Crippen LogP contribution in [0.3, 0.4) is 0 Å². The molecule has 1 heteroatoms. The Labute approximate surface area is 174 Å². The molecule has 1 aromatic rings. The van der Waals surface area contributed by atoms with Crippen LogP contribution in [0.15, 0.2) is 35.9 Å². The first-order chi connectivity index (χ1) is 13.8. The van der Waals surface area contributed by atoms with Gasteiger partial charge in [-0.1, -0.05) is 69.7 Å². The Morgan fingerprint density at radius 2 is 1.64 bits per heavy atom. The Bertz CT molecular complexity index is 577. The summed E-state index contributed by atoms with van der Waals surface area (Å²) < 4.78 is 5.69. The third kappa shape index (κ3) is 6.68. The van der Waals surface area contributed by atoms with Gasteiger partial charge in [0.15, 0.2) is 0 Å². The van der Waals surface area contributed by atoms with E-state index in [1.165, 1.54) is 82.6 Å². The SMILES string of the molecule is CCCCC1CCC(C2CC=C(CCc3ccc(OCCC)cc3)CC2)CC1. The van der Waals surface area contributed by atoms with Gasteiger partial charge in [0.05, 0.1) is 6.61 Å². The van der Waals surface area contributed by atoms with Gasteiger partial charge in [-0.25, -0.2) is 0 Å². The number of ether oxygens (including phenoxy) is 1. The van der Waals surface area contributed by atoms with Crippen molar-refractivity contribution in [3.05, 3.63) is 41.5 Å². The molecule has 0 N–H and O–H groups in total. The van der Waals surface area contributed by atoms with E-state index in [-0.39, 0.29) is 0 Å². The van der Waals surface area contributed by atoms with E-state index in [2.05, 4.69) is 44.2 Å². The Morgan fingerprint density at radius 3 is 2.29 bits per heavy atom. The van der Waals surface area contributed by atoms with Crippen LogP contribution < -0.4 is 4.74 Å². The van der Waals surface area contributed by atoms with Gasteiger partial charge in [-0.2, -0.15) is 0 Å². The van der Waals surface area contributed by atoms with Gasteiger partial charge in [-0.15, -0.1) is 0 Å². The Morgan fingerprint density at radius 1 is 0.857 bits per heavy atom. The number of aryl methyl sites for hydroxylation is 1. The van der Waals surface area contributed by atoms with Crippen molar-refractivity contribution >= 4 is 0 Å². The first-order valence-electron chi connectivity index (χ1n) is 12.2. The summed E-state index contributed by atoms with van der Waals surface area (Å²) in [6.07, 6.45) is 20.6. The summed E-state index contributed by atoms with van der Waals surface area (Å²) >= 11 is 0. The van der Waals surface area contributed by atoms with Crippen molar-refractivity contribution in [1.29, 1.82) is 0 Å². The number of unbranched alkanes of at least 4 members (excludes halogenated alkanes) is 1. The van der Waals surface area contributed by atoms with Crippen molar-refractivity contribution in [2.75, 3.05) is 6.61 Å². The summed E-state index contributed by atoms with van der Waals surface area (Å²) in [7, 11) is 0. The van der Waals surface area contributed by atoms with E-state index in [1.54, 1.807) is 5.57 Å². The van der Waals surface area contributed by atoms with Gasteiger partial charge >= 0.3 is 0 Å². The molecule has 0 saturated heterocycles. The van der Waals surface area contributed by atoms with Crippen molar-refractivity contribution < 1.29 is 4.74 Å². The lowest BCUT2D eigenvalue weighted by Crippen LogP contribution is -2.23. The summed E-state index contributed by atoms with van der Waals surface area (Å²) in [5.74, 6) is 4.05. The van der Waals surface area contributed by atoms with Crippen molar-refractivity contribution in [2.24, 2.45) is 17.8 Å². The highest BCUT2D eigenvalue weighted by atomic mass is 16.5. The molecule has 1 nitrogen and oxygen atoms in total. The predicted octanol–water partition coefficient (Wildman–Crippen LogP) is 8.13. The van der Waals surface area contributed by atoms with Crippen LogP contribution in [0.4, 0.5) is 0 Å². The van der Waals surface area contributed by atoms with Crippen LogP contribution in [0.25, 0.3) is 0 Å². The van der Waals surface area contributed by atoms with E-state index in [0.29, 0.717) is 0 Å². The largest absolute Gasteiger partial charge is 0.494 e. The van der Waals surface area contributed by atoms with E-state index in [1.807, 2.05) is 0 Å². The fourth-order valence-electron chi connectivity index (χ4n) is 5.28. The summed E-state index contributed by atoms with van der Waals surface area (Å²) in [6.45, 7) is 5.29. The van der Waals surface area contributed by atoms with Crippen LogP contribution in [-0.4, -0.2) is 6.61 Å². The number of hydrogen-bond donors (Lipinski definition) is 0. The normalized spacial score (nSPS) is 25.4. The van der Waals surface area contributed by atoms with Crippen molar-refractivity contribution in [3.63, 3.8) is 0 Å². The van der Waals surface area contributed by atoms with Gasteiger partial charge in [0.2, 0.25) is 0 Å². The highest BCUT2D eigenvalue weighted by molar-refractivity contribution is 5.28. The maximum absolute atomic E-state index is 5.69. The zero-order valence-corrected chi connectivity index (χ0v) is 18.4. The third-order valence-corrected chi connectivity index (χ3v) is 7.20. The van der Waals surface area contributed by atoms with Gasteiger partial charge in [0, 0.05) is 0 Å². The van der Waals surface area contributed by atoms with Crippen LogP contribution >= 0.6 is 0 Å². The van der Waals surface area contributed by atoms with Crippen LogP contribution in [0.5, 0.6) is 5.75 Å². The van der Waals surface area contributed by atoms with E-state index in [9.17, 15) is 0 Å². The quantitative estimate of drug-likeness (QED) is 0.371. The highest BCUT2D eigenvalue weighted by Crippen LogP contribution is 2.41. The molecule has 0 aliphatic heterocycles. The number of benzene rings is 1. The molecule has 1 unspecified atom stereocenters. The number of allylic oxidation sites excluding steroid dienone is 2. The molecule has 0 heterocycles. The molecule has 0 radical (unpaired) electrons. The molecule has 0 spiro atoms. The molecular weight excluding hydrogens is 340 g/mol. The maximum Gasteiger partial charge on any atom is 0.119 e. The Balaban J connectivity index is 1.37. The van der Waals surface area contributed by atoms with Crippen LogP contribution in [0, 0.1) is 17.8 Å². The molecule has 1 fully saturated rings. The first-order valence-corrected chi connectivity index (χ1v) is 12.2. The smallest absolute Gasteiger partial charge is 0.119 e. The molecule has 0 amide bonds. The monoisotopic (exact) mass is 382 g/mol.